The van der Waals surface area contributed by atoms with Crippen LogP contribution in [0.2, 0.25) is 0 Å². The third kappa shape index (κ3) is 3.56. The second-order valence-electron chi connectivity index (χ2n) is 4.84. The van der Waals surface area contributed by atoms with Crippen molar-refractivity contribution in [3.8, 4) is 11.5 Å². The molecule has 106 valence electrons. The van der Waals surface area contributed by atoms with Gasteiger partial charge in [-0.15, -0.1) is 11.6 Å². The predicted molar refractivity (Wildman–Crippen MR) is 88.9 cm³/mol. The zero-order chi connectivity index (χ0) is 14.5. The summed E-state index contributed by atoms with van der Waals surface area (Å²) >= 11 is 9.38. The van der Waals surface area contributed by atoms with Gasteiger partial charge in [-0.3, -0.25) is 0 Å². The van der Waals surface area contributed by atoms with E-state index in [0.717, 1.165) is 28.0 Å². The van der Waals surface area contributed by atoms with E-state index in [1.807, 2.05) is 30.3 Å². The smallest absolute Gasteiger partial charge is 0.130 e. The van der Waals surface area contributed by atoms with Gasteiger partial charge in [0.25, 0.3) is 0 Å². The second-order valence-corrected chi connectivity index (χ2v) is 5.96. The molecule has 1 atom stereocenters. The molecule has 0 bridgehead atoms. The molecule has 2 aromatic carbocycles. The first kappa shape index (κ1) is 15.4. The molecule has 0 aliphatic heterocycles. The van der Waals surface area contributed by atoms with Gasteiger partial charge in [-0.1, -0.05) is 54.0 Å². The first-order chi connectivity index (χ1) is 9.65. The van der Waals surface area contributed by atoms with Crippen molar-refractivity contribution < 1.29 is 4.74 Å². The second kappa shape index (κ2) is 7.14. The molecular formula is C17H18BrClO. The van der Waals surface area contributed by atoms with E-state index < -0.39 is 0 Å². The highest BCUT2D eigenvalue weighted by Gasteiger charge is 2.10. The monoisotopic (exact) mass is 352 g/mol. The lowest BCUT2D eigenvalue weighted by molar-refractivity contribution is 0.470. The maximum Gasteiger partial charge on any atom is 0.130 e. The van der Waals surface area contributed by atoms with Crippen LogP contribution in [-0.4, -0.2) is 0 Å². The van der Waals surface area contributed by atoms with Crippen LogP contribution in [0.5, 0.6) is 11.5 Å². The molecule has 0 aliphatic rings. The first-order valence-corrected chi connectivity index (χ1v) is 8.09. The minimum atomic E-state index is 0.483. The summed E-state index contributed by atoms with van der Waals surface area (Å²) in [6.45, 7) is 4.40. The van der Waals surface area contributed by atoms with Crippen LogP contribution in [0, 0.1) is 0 Å². The van der Waals surface area contributed by atoms with Crippen LogP contribution < -0.4 is 4.74 Å². The zero-order valence-corrected chi connectivity index (χ0v) is 14.0. The van der Waals surface area contributed by atoms with Gasteiger partial charge in [0.1, 0.15) is 11.5 Å². The Bertz CT molecular complexity index is 583. The fourth-order valence-corrected chi connectivity index (χ4v) is 2.92. The van der Waals surface area contributed by atoms with Crippen molar-refractivity contribution in [2.24, 2.45) is 0 Å². The molecule has 2 rings (SSSR count). The fraction of sp³-hybridized carbons (Fsp3) is 0.294. The lowest BCUT2D eigenvalue weighted by Gasteiger charge is -2.16. The maximum atomic E-state index is 6.04. The van der Waals surface area contributed by atoms with Gasteiger partial charge >= 0.3 is 0 Å². The molecule has 0 fully saturated rings. The van der Waals surface area contributed by atoms with Gasteiger partial charge in [-0.25, -0.2) is 0 Å². The molecule has 0 amide bonds. The fourth-order valence-electron chi connectivity index (χ4n) is 2.03. The summed E-state index contributed by atoms with van der Waals surface area (Å²) < 4.78 is 7.02. The molecule has 1 unspecified atom stereocenters. The predicted octanol–water partition coefficient (Wildman–Crippen LogP) is 6.49. The van der Waals surface area contributed by atoms with Crippen LogP contribution in [0.3, 0.4) is 0 Å². The van der Waals surface area contributed by atoms with E-state index >= 15 is 0 Å². The number of ether oxygens (including phenoxy) is 1. The van der Waals surface area contributed by atoms with Gasteiger partial charge in [0, 0.05) is 10.4 Å². The van der Waals surface area contributed by atoms with Crippen LogP contribution >= 0.6 is 27.5 Å². The molecular weight excluding hydrogens is 336 g/mol. The minimum Gasteiger partial charge on any atom is -0.457 e. The van der Waals surface area contributed by atoms with Crippen molar-refractivity contribution in [3.63, 3.8) is 0 Å². The molecule has 20 heavy (non-hydrogen) atoms. The van der Waals surface area contributed by atoms with Crippen molar-refractivity contribution in [1.29, 1.82) is 0 Å². The molecule has 0 spiro atoms. The Hall–Kier alpha value is -0.990. The van der Waals surface area contributed by atoms with E-state index in [-0.39, 0.29) is 0 Å². The molecule has 0 N–H and O–H groups in total. The summed E-state index contributed by atoms with van der Waals surface area (Å²) in [6, 6.07) is 14.1. The van der Waals surface area contributed by atoms with E-state index in [4.69, 9.17) is 16.3 Å². The first-order valence-electron chi connectivity index (χ1n) is 6.76. The number of alkyl halides is 1. The Labute approximate surface area is 134 Å². The minimum absolute atomic E-state index is 0.483. The van der Waals surface area contributed by atoms with Gasteiger partial charge < -0.3 is 4.74 Å². The Kier molecular flexibility index (Phi) is 5.50. The zero-order valence-electron chi connectivity index (χ0n) is 11.7. The highest BCUT2D eigenvalue weighted by Crippen LogP contribution is 2.33. The molecule has 0 saturated heterocycles. The average Bonchev–Trinajstić information content (AvgIpc) is 2.47. The molecule has 0 saturated carbocycles. The van der Waals surface area contributed by atoms with E-state index in [0.29, 0.717) is 11.8 Å². The summed E-state index contributed by atoms with van der Waals surface area (Å²) in [7, 11) is 0. The Morgan fingerprint density at radius 3 is 2.60 bits per heavy atom. The number of hydrogen-bond donors (Lipinski definition) is 0. The van der Waals surface area contributed by atoms with E-state index in [1.165, 1.54) is 5.56 Å². The maximum absolute atomic E-state index is 6.04. The number of rotatable bonds is 5. The van der Waals surface area contributed by atoms with Crippen molar-refractivity contribution in [3.05, 3.63) is 58.1 Å². The van der Waals surface area contributed by atoms with Crippen LogP contribution in [0.1, 0.15) is 37.3 Å². The summed E-state index contributed by atoms with van der Waals surface area (Å²) in [5.74, 6) is 2.72. The molecule has 2 aromatic rings. The number of hydrogen-bond acceptors (Lipinski definition) is 1. The summed E-state index contributed by atoms with van der Waals surface area (Å²) in [4.78, 5) is 0. The van der Waals surface area contributed by atoms with Gasteiger partial charge in [0.05, 0.1) is 0 Å². The normalized spacial score (nSPS) is 12.2. The third-order valence-corrected chi connectivity index (χ3v) is 4.48. The van der Waals surface area contributed by atoms with Crippen molar-refractivity contribution in [1.82, 2.24) is 0 Å². The lowest BCUT2D eigenvalue weighted by atomic mass is 9.98. The molecule has 0 aromatic heterocycles. The third-order valence-electron chi connectivity index (χ3n) is 3.46. The van der Waals surface area contributed by atoms with Crippen molar-refractivity contribution >= 4 is 27.5 Å². The molecule has 0 radical (unpaired) electrons. The van der Waals surface area contributed by atoms with E-state index in [1.54, 1.807) is 0 Å². The highest BCUT2D eigenvalue weighted by molar-refractivity contribution is 9.10. The summed E-state index contributed by atoms with van der Waals surface area (Å²) in [5, 5.41) is 0. The molecule has 1 nitrogen and oxygen atoms in total. The Morgan fingerprint density at radius 2 is 1.95 bits per heavy atom. The van der Waals surface area contributed by atoms with E-state index in [2.05, 4.69) is 41.9 Å². The van der Waals surface area contributed by atoms with Crippen LogP contribution in [0.4, 0.5) is 0 Å². The number of halogens is 2. The van der Waals surface area contributed by atoms with Gasteiger partial charge in [0.15, 0.2) is 0 Å². The number of benzene rings is 2. The Morgan fingerprint density at radius 1 is 1.20 bits per heavy atom. The SMILES string of the molecule is CCC(C)c1ccccc1Oc1ccc(CCl)c(Br)c1. The number of para-hydroxylation sites is 1. The molecule has 0 heterocycles. The highest BCUT2D eigenvalue weighted by atomic mass is 79.9. The largest absolute Gasteiger partial charge is 0.457 e. The quantitative estimate of drug-likeness (QED) is 0.558. The summed E-state index contributed by atoms with van der Waals surface area (Å²) in [6.07, 6.45) is 1.09. The van der Waals surface area contributed by atoms with Crippen molar-refractivity contribution in [2.75, 3.05) is 0 Å². The van der Waals surface area contributed by atoms with Crippen LogP contribution in [0.25, 0.3) is 0 Å². The standard InChI is InChI=1S/C17H18BrClO/c1-3-12(2)15-6-4-5-7-17(15)20-14-9-8-13(11-19)16(18)10-14/h4-10,12H,3,11H2,1-2H3. The van der Waals surface area contributed by atoms with Gasteiger partial charge in [-0.05, 0) is 41.7 Å². The average molecular weight is 354 g/mol. The Balaban J connectivity index is 2.28. The van der Waals surface area contributed by atoms with Gasteiger partial charge in [0.2, 0.25) is 0 Å². The molecule has 0 aliphatic carbocycles. The van der Waals surface area contributed by atoms with Crippen molar-refractivity contribution in [2.45, 2.75) is 32.1 Å². The van der Waals surface area contributed by atoms with Gasteiger partial charge in [-0.2, -0.15) is 0 Å². The topological polar surface area (TPSA) is 9.23 Å². The van der Waals surface area contributed by atoms with E-state index in [9.17, 15) is 0 Å². The van der Waals surface area contributed by atoms with Crippen LogP contribution in [-0.2, 0) is 5.88 Å². The van der Waals surface area contributed by atoms with Crippen LogP contribution in [0.15, 0.2) is 46.9 Å². The lowest BCUT2D eigenvalue weighted by Crippen LogP contribution is -1.96. The molecule has 3 heteroatoms. The summed E-state index contributed by atoms with van der Waals surface area (Å²) in [5.41, 5.74) is 2.31.